The predicted molar refractivity (Wildman–Crippen MR) is 110 cm³/mol. The van der Waals surface area contributed by atoms with E-state index in [0.29, 0.717) is 4.77 Å². The summed E-state index contributed by atoms with van der Waals surface area (Å²) in [6, 6.07) is 8.52. The van der Waals surface area contributed by atoms with Gasteiger partial charge in [-0.3, -0.25) is 9.78 Å². The van der Waals surface area contributed by atoms with E-state index < -0.39 is 0 Å². The van der Waals surface area contributed by atoms with Crippen molar-refractivity contribution in [3.8, 4) is 0 Å². The van der Waals surface area contributed by atoms with Gasteiger partial charge in [0.1, 0.15) is 6.10 Å². The molecular formula is C20H24N6OS. The van der Waals surface area contributed by atoms with Gasteiger partial charge in [-0.05, 0) is 51.4 Å². The van der Waals surface area contributed by atoms with Gasteiger partial charge in [-0.15, -0.1) is 0 Å². The summed E-state index contributed by atoms with van der Waals surface area (Å²) in [5, 5.41) is 16.4. The summed E-state index contributed by atoms with van der Waals surface area (Å²) < 4.78 is 9.86. The lowest BCUT2D eigenvalue weighted by atomic mass is 10.1. The zero-order chi connectivity index (χ0) is 19.7. The molecule has 28 heavy (non-hydrogen) atoms. The molecule has 146 valence electrons. The van der Waals surface area contributed by atoms with Crippen LogP contribution in [0.5, 0.6) is 0 Å². The first kappa shape index (κ1) is 18.8. The standard InChI is InChI=1S/C20H24N6OS/c1-13-6-8-16(9-7-13)12-25-15(3)17(14(2)24-25)11-21-26-19(22-23-20(26)28)18-5-4-10-27-18/h6-9,11,18H,4-5,10,12H2,1-3H3,(H,23,28)/b21-11-/t18-/m1/s1. The molecule has 1 fully saturated rings. The minimum absolute atomic E-state index is 0.0587. The molecule has 8 heteroatoms. The maximum Gasteiger partial charge on any atom is 0.216 e. The van der Waals surface area contributed by atoms with E-state index in [0.717, 1.165) is 48.8 Å². The first-order chi connectivity index (χ1) is 13.5. The number of ether oxygens (including phenoxy) is 1. The van der Waals surface area contributed by atoms with Crippen LogP contribution >= 0.6 is 12.2 Å². The molecule has 1 saturated heterocycles. The van der Waals surface area contributed by atoms with Gasteiger partial charge >= 0.3 is 0 Å². The Kier molecular flexibility index (Phi) is 5.23. The van der Waals surface area contributed by atoms with Gasteiger partial charge in [0.2, 0.25) is 4.77 Å². The highest BCUT2D eigenvalue weighted by atomic mass is 32.1. The van der Waals surface area contributed by atoms with Crippen LogP contribution in [0.1, 0.15) is 52.8 Å². The molecule has 2 aromatic heterocycles. The van der Waals surface area contributed by atoms with Gasteiger partial charge in [0.05, 0.1) is 18.5 Å². The summed E-state index contributed by atoms with van der Waals surface area (Å²) >= 11 is 5.35. The summed E-state index contributed by atoms with van der Waals surface area (Å²) in [5.74, 6) is 0.723. The monoisotopic (exact) mass is 396 g/mol. The van der Waals surface area contributed by atoms with Crippen molar-refractivity contribution in [1.29, 1.82) is 0 Å². The van der Waals surface area contributed by atoms with E-state index in [1.54, 1.807) is 4.68 Å². The van der Waals surface area contributed by atoms with Gasteiger partial charge in [-0.25, -0.2) is 0 Å². The normalized spacial score (nSPS) is 17.0. The molecule has 3 aromatic rings. The first-order valence-corrected chi connectivity index (χ1v) is 9.86. The van der Waals surface area contributed by atoms with E-state index in [2.05, 4.69) is 53.4 Å². The quantitative estimate of drug-likeness (QED) is 0.525. The minimum atomic E-state index is -0.0587. The molecule has 4 rings (SSSR count). The number of nitrogens with zero attached hydrogens (tertiary/aromatic N) is 5. The van der Waals surface area contributed by atoms with E-state index in [-0.39, 0.29) is 6.10 Å². The van der Waals surface area contributed by atoms with E-state index >= 15 is 0 Å². The topological polar surface area (TPSA) is 73.0 Å². The molecule has 1 aliphatic rings. The molecule has 0 spiro atoms. The third-order valence-corrected chi connectivity index (χ3v) is 5.35. The zero-order valence-corrected chi connectivity index (χ0v) is 17.2. The number of aryl methyl sites for hydroxylation is 2. The van der Waals surface area contributed by atoms with Crippen molar-refractivity contribution in [2.75, 3.05) is 6.61 Å². The summed E-state index contributed by atoms with van der Waals surface area (Å²) in [7, 11) is 0. The third kappa shape index (κ3) is 3.70. The second kappa shape index (κ2) is 7.81. The summed E-state index contributed by atoms with van der Waals surface area (Å²) in [6.07, 6.45) is 3.71. The second-order valence-corrected chi connectivity index (χ2v) is 7.56. The van der Waals surface area contributed by atoms with Crippen molar-refractivity contribution in [3.05, 3.63) is 62.9 Å². The average molecular weight is 397 g/mol. The molecule has 1 aromatic carbocycles. The first-order valence-electron chi connectivity index (χ1n) is 9.46. The number of H-pyrrole nitrogens is 1. The van der Waals surface area contributed by atoms with Gasteiger partial charge < -0.3 is 4.74 Å². The van der Waals surface area contributed by atoms with E-state index in [1.807, 2.05) is 17.8 Å². The van der Waals surface area contributed by atoms with E-state index in [9.17, 15) is 0 Å². The highest BCUT2D eigenvalue weighted by Gasteiger charge is 2.23. The Hall–Kier alpha value is -2.58. The molecule has 0 aliphatic carbocycles. The molecule has 0 unspecified atom stereocenters. The fourth-order valence-electron chi connectivity index (χ4n) is 3.44. The van der Waals surface area contributed by atoms with E-state index in [1.165, 1.54) is 11.1 Å². The molecule has 0 amide bonds. The smallest absolute Gasteiger partial charge is 0.216 e. The van der Waals surface area contributed by atoms with Gasteiger partial charge in [-0.2, -0.15) is 20.0 Å². The average Bonchev–Trinajstić information content (AvgIpc) is 3.38. The fourth-order valence-corrected chi connectivity index (χ4v) is 3.62. The van der Waals surface area contributed by atoms with Crippen LogP contribution in [0.2, 0.25) is 0 Å². The Morgan fingerprint density at radius 2 is 2.07 bits per heavy atom. The lowest BCUT2D eigenvalue weighted by Crippen LogP contribution is -2.06. The van der Waals surface area contributed by atoms with Crippen molar-refractivity contribution >= 4 is 18.4 Å². The summed E-state index contributed by atoms with van der Waals surface area (Å²) in [6.45, 7) is 7.62. The number of benzene rings is 1. The van der Waals surface area contributed by atoms with Crippen LogP contribution in [0.4, 0.5) is 0 Å². The van der Waals surface area contributed by atoms with Gasteiger partial charge in [0.25, 0.3) is 0 Å². The number of hydrogen-bond acceptors (Lipinski definition) is 5. The van der Waals surface area contributed by atoms with Crippen molar-refractivity contribution in [2.45, 2.75) is 46.3 Å². The van der Waals surface area contributed by atoms with Crippen molar-refractivity contribution in [1.82, 2.24) is 24.7 Å². The highest BCUT2D eigenvalue weighted by molar-refractivity contribution is 7.71. The lowest BCUT2D eigenvalue weighted by Gasteiger charge is -2.07. The number of aromatic amines is 1. The molecule has 3 heterocycles. The van der Waals surface area contributed by atoms with Crippen LogP contribution in [0.3, 0.4) is 0 Å². The molecule has 7 nitrogen and oxygen atoms in total. The Labute approximate surface area is 169 Å². The maximum atomic E-state index is 5.73. The van der Waals surface area contributed by atoms with Crippen LogP contribution in [-0.2, 0) is 11.3 Å². The molecule has 0 saturated carbocycles. The predicted octanol–water partition coefficient (Wildman–Crippen LogP) is 3.84. The molecule has 0 bridgehead atoms. The van der Waals surface area contributed by atoms with Crippen molar-refractivity contribution < 1.29 is 4.74 Å². The second-order valence-electron chi connectivity index (χ2n) is 7.17. The van der Waals surface area contributed by atoms with Crippen LogP contribution in [0.25, 0.3) is 0 Å². The Balaban J connectivity index is 1.60. The maximum absolute atomic E-state index is 5.73. The van der Waals surface area contributed by atoms with Crippen molar-refractivity contribution in [2.24, 2.45) is 5.10 Å². The van der Waals surface area contributed by atoms with E-state index in [4.69, 9.17) is 22.1 Å². The summed E-state index contributed by atoms with van der Waals surface area (Å²) in [4.78, 5) is 0. The largest absolute Gasteiger partial charge is 0.370 e. The molecule has 0 radical (unpaired) electrons. The lowest BCUT2D eigenvalue weighted by molar-refractivity contribution is 0.102. The Morgan fingerprint density at radius 1 is 1.29 bits per heavy atom. The molecule has 1 atom stereocenters. The SMILES string of the molecule is Cc1ccc(Cn2nc(C)c(/C=N\n3c([C@H]4CCCO4)n[nH]c3=S)c2C)cc1. The number of rotatable bonds is 5. The Bertz CT molecular complexity index is 1050. The van der Waals surface area contributed by atoms with Gasteiger partial charge in [0, 0.05) is 17.9 Å². The Morgan fingerprint density at radius 3 is 2.79 bits per heavy atom. The molecular weight excluding hydrogens is 372 g/mol. The van der Waals surface area contributed by atoms with Crippen LogP contribution in [0.15, 0.2) is 29.4 Å². The summed E-state index contributed by atoms with van der Waals surface area (Å²) in [5.41, 5.74) is 5.47. The number of aromatic nitrogens is 5. The number of nitrogens with one attached hydrogen (secondary N) is 1. The molecule has 1 aliphatic heterocycles. The van der Waals surface area contributed by atoms with Gasteiger partial charge in [0.15, 0.2) is 5.82 Å². The van der Waals surface area contributed by atoms with Crippen molar-refractivity contribution in [3.63, 3.8) is 0 Å². The molecule has 1 N–H and O–H groups in total. The zero-order valence-electron chi connectivity index (χ0n) is 16.3. The van der Waals surface area contributed by atoms with Crippen LogP contribution < -0.4 is 0 Å². The third-order valence-electron chi connectivity index (χ3n) is 5.09. The van der Waals surface area contributed by atoms with Crippen LogP contribution in [0, 0.1) is 25.5 Å². The minimum Gasteiger partial charge on any atom is -0.370 e. The van der Waals surface area contributed by atoms with Crippen LogP contribution in [-0.4, -0.2) is 37.5 Å². The number of hydrogen-bond donors (Lipinski definition) is 1. The van der Waals surface area contributed by atoms with Gasteiger partial charge in [-0.1, -0.05) is 29.8 Å². The highest BCUT2D eigenvalue weighted by Crippen LogP contribution is 2.27. The fraction of sp³-hybridized carbons (Fsp3) is 0.400.